The van der Waals surface area contributed by atoms with Crippen LogP contribution in [0, 0.1) is 5.92 Å². The van der Waals surface area contributed by atoms with E-state index in [-0.39, 0.29) is 0 Å². The van der Waals surface area contributed by atoms with Crippen molar-refractivity contribution < 1.29 is 4.79 Å². The van der Waals surface area contributed by atoms with E-state index >= 15 is 0 Å². The number of hydrogen-bond donors (Lipinski definition) is 1. The van der Waals surface area contributed by atoms with Crippen LogP contribution in [0.5, 0.6) is 0 Å². The summed E-state index contributed by atoms with van der Waals surface area (Å²) in [6.07, 6.45) is 5.85. The fourth-order valence-corrected chi connectivity index (χ4v) is 1.73. The molecular weight excluding hydrogens is 182 g/mol. The molecule has 1 fully saturated rings. The maximum atomic E-state index is 11.4. The Hall–Kier alpha value is -0.440. The first-order valence-corrected chi connectivity index (χ1v) is 5.44. The van der Waals surface area contributed by atoms with Crippen LogP contribution in [0.15, 0.2) is 12.2 Å². The molecule has 0 radical (unpaired) electrons. The number of hydrogen-bond acceptors (Lipinski definition) is 2. The van der Waals surface area contributed by atoms with Crippen LogP contribution in [0.4, 0.5) is 0 Å². The van der Waals surface area contributed by atoms with Gasteiger partial charge in [0.2, 0.25) is 5.91 Å². The Balaban J connectivity index is 2.35. The second-order valence-corrected chi connectivity index (χ2v) is 3.80. The van der Waals surface area contributed by atoms with E-state index in [0.29, 0.717) is 11.8 Å². The van der Waals surface area contributed by atoms with Crippen LogP contribution in [-0.2, 0) is 4.79 Å². The largest absolute Gasteiger partial charge is 0.339 e. The van der Waals surface area contributed by atoms with Crippen LogP contribution in [0.3, 0.4) is 0 Å². The number of rotatable bonds is 4. The van der Waals surface area contributed by atoms with Gasteiger partial charge < -0.3 is 4.90 Å². The topological polar surface area (TPSA) is 20.3 Å². The highest BCUT2D eigenvalue weighted by atomic mass is 32.1. The summed E-state index contributed by atoms with van der Waals surface area (Å²) >= 11 is 4.07. The third kappa shape index (κ3) is 3.07. The molecule has 1 heterocycles. The zero-order chi connectivity index (χ0) is 9.68. The Morgan fingerprint density at radius 1 is 1.62 bits per heavy atom. The fraction of sp³-hybridized carbons (Fsp3) is 0.700. The van der Waals surface area contributed by atoms with E-state index in [9.17, 15) is 4.79 Å². The molecule has 1 unspecified atom stereocenters. The minimum atomic E-state index is 0.302. The van der Waals surface area contributed by atoms with Crippen LogP contribution < -0.4 is 0 Å². The lowest BCUT2D eigenvalue weighted by Crippen LogP contribution is -2.25. The third-order valence-corrected chi connectivity index (χ3v) is 2.68. The second kappa shape index (κ2) is 5.32. The summed E-state index contributed by atoms with van der Waals surface area (Å²) in [4.78, 5) is 13.3. The van der Waals surface area contributed by atoms with Gasteiger partial charge in [0.05, 0.1) is 0 Å². The van der Waals surface area contributed by atoms with E-state index < -0.39 is 0 Å². The third-order valence-electron chi connectivity index (χ3n) is 2.47. The Morgan fingerprint density at radius 3 is 2.92 bits per heavy atom. The highest BCUT2D eigenvalue weighted by Gasteiger charge is 2.26. The zero-order valence-corrected chi connectivity index (χ0v) is 8.96. The lowest BCUT2D eigenvalue weighted by molar-refractivity contribution is -0.127. The van der Waals surface area contributed by atoms with E-state index in [2.05, 4.69) is 19.6 Å². The molecule has 0 aromatic heterocycles. The molecule has 1 rings (SSSR count). The van der Waals surface area contributed by atoms with Crippen molar-refractivity contribution in [2.24, 2.45) is 5.92 Å². The summed E-state index contributed by atoms with van der Waals surface area (Å²) in [6, 6.07) is 0. The molecule has 1 aliphatic rings. The molecule has 0 aromatic rings. The molecule has 0 aromatic carbocycles. The van der Waals surface area contributed by atoms with Gasteiger partial charge in [0.15, 0.2) is 0 Å². The van der Waals surface area contributed by atoms with Crippen molar-refractivity contribution in [3.63, 3.8) is 0 Å². The monoisotopic (exact) mass is 199 g/mol. The van der Waals surface area contributed by atoms with Crippen molar-refractivity contribution in [2.75, 3.05) is 18.8 Å². The molecule has 1 atom stereocenters. The summed E-state index contributed by atoms with van der Waals surface area (Å²) in [7, 11) is 0. The number of carbonyl (C=O) groups is 1. The van der Waals surface area contributed by atoms with Gasteiger partial charge in [0.25, 0.3) is 0 Å². The molecule has 0 spiro atoms. The predicted octanol–water partition coefficient (Wildman–Crippen LogP) is 1.73. The van der Waals surface area contributed by atoms with Crippen molar-refractivity contribution in [1.82, 2.24) is 4.90 Å². The SMILES string of the molecule is CCC1CC(=O)N(CC=CCS)C1. The zero-order valence-electron chi connectivity index (χ0n) is 8.07. The summed E-state index contributed by atoms with van der Waals surface area (Å²) < 4.78 is 0. The molecular formula is C10H17NOS. The van der Waals surface area contributed by atoms with Gasteiger partial charge in [-0.3, -0.25) is 4.79 Å². The van der Waals surface area contributed by atoms with Crippen molar-refractivity contribution in [2.45, 2.75) is 19.8 Å². The smallest absolute Gasteiger partial charge is 0.223 e. The molecule has 13 heavy (non-hydrogen) atoms. The van der Waals surface area contributed by atoms with Crippen molar-refractivity contribution in [3.8, 4) is 0 Å². The molecule has 1 aliphatic heterocycles. The highest BCUT2D eigenvalue weighted by molar-refractivity contribution is 7.80. The molecule has 0 saturated carbocycles. The van der Waals surface area contributed by atoms with E-state index in [0.717, 1.165) is 31.7 Å². The Bertz CT molecular complexity index is 203. The first kappa shape index (κ1) is 10.6. The first-order chi connectivity index (χ1) is 6.27. The van der Waals surface area contributed by atoms with E-state index in [1.54, 1.807) is 0 Å². The maximum Gasteiger partial charge on any atom is 0.223 e. The van der Waals surface area contributed by atoms with Crippen LogP contribution in [-0.4, -0.2) is 29.6 Å². The standard InChI is InChI=1S/C10H17NOS/c1-2-9-7-10(12)11(8-9)5-3-4-6-13/h3-4,9,13H,2,5-8H2,1H3. The molecule has 1 saturated heterocycles. The molecule has 3 heteroatoms. The van der Waals surface area contributed by atoms with Crippen molar-refractivity contribution >= 4 is 18.5 Å². The summed E-state index contributed by atoms with van der Waals surface area (Å²) in [5, 5.41) is 0. The quantitative estimate of drug-likeness (QED) is 0.540. The Morgan fingerprint density at radius 2 is 2.38 bits per heavy atom. The van der Waals surface area contributed by atoms with E-state index in [1.165, 1.54) is 0 Å². The number of nitrogens with zero attached hydrogens (tertiary/aromatic N) is 1. The molecule has 74 valence electrons. The maximum absolute atomic E-state index is 11.4. The Labute approximate surface area is 85.4 Å². The molecule has 0 bridgehead atoms. The molecule has 0 aliphatic carbocycles. The highest BCUT2D eigenvalue weighted by Crippen LogP contribution is 2.19. The van der Waals surface area contributed by atoms with E-state index in [1.807, 2.05) is 17.1 Å². The summed E-state index contributed by atoms with van der Waals surface area (Å²) in [5.41, 5.74) is 0. The summed E-state index contributed by atoms with van der Waals surface area (Å²) in [6.45, 7) is 3.84. The lowest BCUT2D eigenvalue weighted by Gasteiger charge is -2.13. The fourth-order valence-electron chi connectivity index (χ4n) is 1.58. The van der Waals surface area contributed by atoms with Gasteiger partial charge in [-0.2, -0.15) is 12.6 Å². The summed E-state index contributed by atoms with van der Waals surface area (Å²) in [5.74, 6) is 1.63. The van der Waals surface area contributed by atoms with Gasteiger partial charge in [-0.15, -0.1) is 0 Å². The predicted molar refractivity (Wildman–Crippen MR) is 58.0 cm³/mol. The lowest BCUT2D eigenvalue weighted by atomic mass is 10.1. The second-order valence-electron chi connectivity index (χ2n) is 3.43. The molecule has 2 nitrogen and oxygen atoms in total. The van der Waals surface area contributed by atoms with E-state index in [4.69, 9.17) is 0 Å². The molecule has 1 amide bonds. The number of carbonyl (C=O) groups excluding carboxylic acids is 1. The van der Waals surface area contributed by atoms with Gasteiger partial charge in [-0.1, -0.05) is 25.5 Å². The van der Waals surface area contributed by atoms with Crippen LogP contribution >= 0.6 is 12.6 Å². The average molecular weight is 199 g/mol. The van der Waals surface area contributed by atoms with Gasteiger partial charge in [-0.25, -0.2) is 0 Å². The number of amides is 1. The average Bonchev–Trinajstić information content (AvgIpc) is 2.48. The van der Waals surface area contributed by atoms with Crippen molar-refractivity contribution in [1.29, 1.82) is 0 Å². The molecule has 0 N–H and O–H groups in total. The van der Waals surface area contributed by atoms with Crippen LogP contribution in [0.25, 0.3) is 0 Å². The normalized spacial score (nSPS) is 23.4. The first-order valence-electron chi connectivity index (χ1n) is 4.81. The number of likely N-dealkylation sites (tertiary alicyclic amines) is 1. The van der Waals surface area contributed by atoms with Crippen LogP contribution in [0.1, 0.15) is 19.8 Å². The van der Waals surface area contributed by atoms with Gasteiger partial charge in [0, 0.05) is 25.3 Å². The minimum Gasteiger partial charge on any atom is -0.339 e. The van der Waals surface area contributed by atoms with Crippen molar-refractivity contribution in [3.05, 3.63) is 12.2 Å². The van der Waals surface area contributed by atoms with Crippen LogP contribution in [0.2, 0.25) is 0 Å². The number of thiol groups is 1. The van der Waals surface area contributed by atoms with Gasteiger partial charge >= 0.3 is 0 Å². The van der Waals surface area contributed by atoms with Gasteiger partial charge in [0.1, 0.15) is 0 Å². The minimum absolute atomic E-state index is 0.302. The Kier molecular flexibility index (Phi) is 4.36. The van der Waals surface area contributed by atoms with Gasteiger partial charge in [-0.05, 0) is 5.92 Å².